The summed E-state index contributed by atoms with van der Waals surface area (Å²) in [5.74, 6) is 0.948. The van der Waals surface area contributed by atoms with Crippen molar-refractivity contribution in [2.45, 2.75) is 59.5 Å². The van der Waals surface area contributed by atoms with Gasteiger partial charge in [-0.15, -0.1) is 0 Å². The molecule has 2 N–H and O–H groups in total. The molecule has 0 saturated heterocycles. The van der Waals surface area contributed by atoms with Crippen molar-refractivity contribution in [2.24, 2.45) is 5.73 Å². The van der Waals surface area contributed by atoms with Crippen LogP contribution in [0.1, 0.15) is 56.5 Å². The van der Waals surface area contributed by atoms with Crippen molar-refractivity contribution in [3.8, 4) is 0 Å². The van der Waals surface area contributed by atoms with E-state index in [9.17, 15) is 0 Å². The van der Waals surface area contributed by atoms with E-state index in [1.807, 2.05) is 4.68 Å². The molecule has 21 heavy (non-hydrogen) atoms. The molecule has 6 heteroatoms. The smallest absolute Gasteiger partial charge is 0.148 e. The van der Waals surface area contributed by atoms with Crippen LogP contribution in [0.2, 0.25) is 0 Å². The van der Waals surface area contributed by atoms with E-state index in [2.05, 4.69) is 42.5 Å². The SMILES string of the molecule is CCc1nn(Cc2ncnn2C(C)C)c(CC)c1CCN. The van der Waals surface area contributed by atoms with Crippen molar-refractivity contribution in [3.63, 3.8) is 0 Å². The molecule has 0 bridgehead atoms. The predicted octanol–water partition coefficient (Wildman–Crippen LogP) is 1.73. The van der Waals surface area contributed by atoms with E-state index in [4.69, 9.17) is 10.8 Å². The maximum absolute atomic E-state index is 5.75. The van der Waals surface area contributed by atoms with E-state index in [1.165, 1.54) is 11.3 Å². The van der Waals surface area contributed by atoms with Crippen molar-refractivity contribution in [3.05, 3.63) is 29.1 Å². The van der Waals surface area contributed by atoms with Crippen LogP contribution in [0, 0.1) is 0 Å². The summed E-state index contributed by atoms with van der Waals surface area (Å²) in [7, 11) is 0. The molecule has 2 rings (SSSR count). The van der Waals surface area contributed by atoms with Crippen LogP contribution < -0.4 is 5.73 Å². The molecule has 0 atom stereocenters. The first-order valence-electron chi connectivity index (χ1n) is 7.78. The highest BCUT2D eigenvalue weighted by molar-refractivity contribution is 5.27. The van der Waals surface area contributed by atoms with Gasteiger partial charge in [0, 0.05) is 11.7 Å². The van der Waals surface area contributed by atoms with E-state index in [0.717, 1.165) is 30.8 Å². The third kappa shape index (κ3) is 3.15. The summed E-state index contributed by atoms with van der Waals surface area (Å²) < 4.78 is 4.03. The molecule has 116 valence electrons. The van der Waals surface area contributed by atoms with Gasteiger partial charge in [0.15, 0.2) is 0 Å². The Morgan fingerprint density at radius 1 is 1.24 bits per heavy atom. The summed E-state index contributed by atoms with van der Waals surface area (Å²) in [6.45, 7) is 9.86. The third-order valence-electron chi connectivity index (χ3n) is 3.74. The molecule has 2 heterocycles. The minimum absolute atomic E-state index is 0.303. The summed E-state index contributed by atoms with van der Waals surface area (Å²) in [4.78, 5) is 4.39. The van der Waals surface area contributed by atoms with Crippen LogP contribution >= 0.6 is 0 Å². The molecule has 2 aromatic rings. The molecule has 0 unspecified atom stereocenters. The minimum Gasteiger partial charge on any atom is -0.330 e. The van der Waals surface area contributed by atoms with E-state index >= 15 is 0 Å². The van der Waals surface area contributed by atoms with Gasteiger partial charge in [-0.1, -0.05) is 13.8 Å². The van der Waals surface area contributed by atoms with Crippen LogP contribution in [-0.2, 0) is 25.8 Å². The minimum atomic E-state index is 0.303. The lowest BCUT2D eigenvalue weighted by atomic mass is 10.1. The lowest BCUT2D eigenvalue weighted by molar-refractivity contribution is 0.483. The highest BCUT2D eigenvalue weighted by atomic mass is 15.4. The molecule has 0 saturated carbocycles. The Balaban J connectivity index is 2.37. The summed E-state index contributed by atoms with van der Waals surface area (Å²) in [5, 5.41) is 9.07. The number of hydrogen-bond donors (Lipinski definition) is 1. The molecule has 0 amide bonds. The van der Waals surface area contributed by atoms with Crippen molar-refractivity contribution in [2.75, 3.05) is 6.54 Å². The fourth-order valence-electron chi connectivity index (χ4n) is 2.78. The van der Waals surface area contributed by atoms with Gasteiger partial charge in [0.25, 0.3) is 0 Å². The predicted molar refractivity (Wildman–Crippen MR) is 83.3 cm³/mol. The second kappa shape index (κ2) is 6.85. The van der Waals surface area contributed by atoms with Gasteiger partial charge >= 0.3 is 0 Å². The van der Waals surface area contributed by atoms with Crippen LogP contribution in [-0.4, -0.2) is 31.1 Å². The molecule has 0 aliphatic heterocycles. The van der Waals surface area contributed by atoms with Crippen molar-refractivity contribution < 1.29 is 0 Å². The normalized spacial score (nSPS) is 11.5. The molecule has 0 aliphatic carbocycles. The second-order valence-corrected chi connectivity index (χ2v) is 5.49. The molecular weight excluding hydrogens is 264 g/mol. The highest BCUT2D eigenvalue weighted by Crippen LogP contribution is 2.18. The Bertz CT molecular complexity index is 581. The van der Waals surface area contributed by atoms with Gasteiger partial charge in [0.1, 0.15) is 18.7 Å². The molecule has 2 aromatic heterocycles. The fraction of sp³-hybridized carbons (Fsp3) is 0.667. The number of rotatable bonds is 7. The number of aryl methyl sites for hydroxylation is 1. The van der Waals surface area contributed by atoms with Gasteiger partial charge in [-0.25, -0.2) is 9.67 Å². The molecule has 0 fully saturated rings. The molecule has 0 radical (unpaired) electrons. The fourth-order valence-corrected chi connectivity index (χ4v) is 2.78. The average molecular weight is 290 g/mol. The summed E-state index contributed by atoms with van der Waals surface area (Å²) in [6, 6.07) is 0.303. The second-order valence-electron chi connectivity index (χ2n) is 5.49. The first-order chi connectivity index (χ1) is 10.1. The molecule has 0 spiro atoms. The van der Waals surface area contributed by atoms with E-state index < -0.39 is 0 Å². The Hall–Kier alpha value is -1.69. The van der Waals surface area contributed by atoms with Crippen molar-refractivity contribution >= 4 is 0 Å². The van der Waals surface area contributed by atoms with E-state index in [0.29, 0.717) is 19.1 Å². The first kappa shape index (κ1) is 15.7. The topological polar surface area (TPSA) is 74.5 Å². The monoisotopic (exact) mass is 290 g/mol. The zero-order valence-corrected chi connectivity index (χ0v) is 13.5. The summed E-state index contributed by atoms with van der Waals surface area (Å²) in [5.41, 5.74) is 9.50. The van der Waals surface area contributed by atoms with Crippen LogP contribution in [0.4, 0.5) is 0 Å². The Kier molecular flexibility index (Phi) is 5.12. The maximum atomic E-state index is 5.75. The Morgan fingerprint density at radius 3 is 2.57 bits per heavy atom. The number of hydrogen-bond acceptors (Lipinski definition) is 4. The van der Waals surface area contributed by atoms with Crippen molar-refractivity contribution in [1.82, 2.24) is 24.5 Å². The summed E-state index contributed by atoms with van der Waals surface area (Å²) in [6.07, 6.45) is 4.40. The highest BCUT2D eigenvalue weighted by Gasteiger charge is 2.17. The zero-order chi connectivity index (χ0) is 15.4. The van der Waals surface area contributed by atoms with Gasteiger partial charge in [-0.05, 0) is 45.2 Å². The lowest BCUT2D eigenvalue weighted by Crippen LogP contribution is -2.15. The molecule has 0 aliphatic rings. The van der Waals surface area contributed by atoms with Gasteiger partial charge in [-0.2, -0.15) is 10.2 Å². The standard InChI is InChI=1S/C15H26N6/c1-5-13-12(7-8-16)14(6-2)20(19-13)9-15-17-10-18-21(15)11(3)4/h10-11H,5-9,16H2,1-4H3. The number of aromatic nitrogens is 5. The number of nitrogens with two attached hydrogens (primary N) is 1. The van der Waals surface area contributed by atoms with Gasteiger partial charge in [-0.3, -0.25) is 4.68 Å². The van der Waals surface area contributed by atoms with Crippen LogP contribution in [0.25, 0.3) is 0 Å². The van der Waals surface area contributed by atoms with Crippen LogP contribution in [0.3, 0.4) is 0 Å². The van der Waals surface area contributed by atoms with Crippen molar-refractivity contribution in [1.29, 1.82) is 0 Å². The number of nitrogens with zero attached hydrogens (tertiary/aromatic N) is 5. The van der Waals surface area contributed by atoms with Crippen LogP contribution in [0.15, 0.2) is 6.33 Å². The average Bonchev–Trinajstić information content (AvgIpc) is 3.04. The molecular formula is C15H26N6. The van der Waals surface area contributed by atoms with Crippen LogP contribution in [0.5, 0.6) is 0 Å². The first-order valence-corrected chi connectivity index (χ1v) is 7.78. The quantitative estimate of drug-likeness (QED) is 0.842. The Labute approximate surface area is 126 Å². The van der Waals surface area contributed by atoms with E-state index in [-0.39, 0.29) is 0 Å². The largest absolute Gasteiger partial charge is 0.330 e. The maximum Gasteiger partial charge on any atom is 0.148 e. The van der Waals surface area contributed by atoms with E-state index in [1.54, 1.807) is 6.33 Å². The van der Waals surface area contributed by atoms with Gasteiger partial charge < -0.3 is 5.73 Å². The lowest BCUT2D eigenvalue weighted by Gasteiger charge is -2.11. The molecule has 0 aromatic carbocycles. The van der Waals surface area contributed by atoms with Gasteiger partial charge in [0.2, 0.25) is 0 Å². The summed E-state index contributed by atoms with van der Waals surface area (Å²) >= 11 is 0. The zero-order valence-electron chi connectivity index (χ0n) is 13.5. The van der Waals surface area contributed by atoms with Gasteiger partial charge in [0.05, 0.1) is 5.69 Å². The third-order valence-corrected chi connectivity index (χ3v) is 3.74. The molecule has 6 nitrogen and oxygen atoms in total. The Morgan fingerprint density at radius 2 is 2.00 bits per heavy atom.